The van der Waals surface area contributed by atoms with Gasteiger partial charge in [0.25, 0.3) is 0 Å². The van der Waals surface area contributed by atoms with E-state index in [9.17, 15) is 9.59 Å². The lowest BCUT2D eigenvalue weighted by Crippen LogP contribution is -2.62. The predicted molar refractivity (Wildman–Crippen MR) is 47.8 cm³/mol. The van der Waals surface area contributed by atoms with Crippen molar-refractivity contribution < 1.29 is 9.59 Å². The fraction of sp³-hybridized carbons (Fsp3) is 0.750. The van der Waals surface area contributed by atoms with Crippen LogP contribution in [0.3, 0.4) is 0 Å². The number of carbonyl (C=O) groups is 2. The van der Waals surface area contributed by atoms with Gasteiger partial charge in [-0.3, -0.25) is 14.9 Å². The van der Waals surface area contributed by atoms with E-state index in [1.54, 1.807) is 0 Å². The Labute approximate surface area is 77.1 Å². The summed E-state index contributed by atoms with van der Waals surface area (Å²) in [5.74, 6) is -0.334. The van der Waals surface area contributed by atoms with Crippen molar-refractivity contribution in [3.63, 3.8) is 0 Å². The maximum atomic E-state index is 11.5. The molecule has 1 fully saturated rings. The molecule has 1 aliphatic rings. The highest BCUT2D eigenvalue weighted by Gasteiger charge is 2.45. The second kappa shape index (κ2) is 3.43. The number of ketones is 1. The Balaban J connectivity index is 2.89. The molecule has 1 heterocycles. The van der Waals surface area contributed by atoms with E-state index < -0.39 is 5.66 Å². The minimum absolute atomic E-state index is 0.00463. The first-order valence-corrected chi connectivity index (χ1v) is 4.32. The molecule has 0 aromatic heterocycles. The monoisotopic (exact) mass is 185 g/mol. The molecule has 0 radical (unpaired) electrons. The smallest absolute Gasteiger partial charge is 0.235 e. The summed E-state index contributed by atoms with van der Waals surface area (Å²) in [7, 11) is 0. The lowest BCUT2D eigenvalue weighted by molar-refractivity contribution is -0.129. The lowest BCUT2D eigenvalue weighted by Gasteiger charge is -2.31. The molecular formula is C8H15N3O2. The largest absolute Gasteiger partial charge is 0.330 e. The van der Waals surface area contributed by atoms with Crippen LogP contribution in [0.4, 0.5) is 0 Å². The molecule has 1 amide bonds. The fourth-order valence-corrected chi connectivity index (χ4v) is 1.53. The zero-order chi connectivity index (χ0) is 10.1. The lowest BCUT2D eigenvalue weighted by atomic mass is 9.92. The highest BCUT2D eigenvalue weighted by atomic mass is 16.2. The van der Waals surface area contributed by atoms with E-state index >= 15 is 0 Å². The SMILES string of the molecule is CC(C)C1(C(=O)CN)NCC(=O)N1. The molecule has 0 bridgehead atoms. The molecule has 0 aromatic rings. The Kier molecular flexibility index (Phi) is 2.68. The maximum absolute atomic E-state index is 11.5. The van der Waals surface area contributed by atoms with Crippen molar-refractivity contribution in [2.24, 2.45) is 11.7 Å². The average Bonchev–Trinajstić information content (AvgIpc) is 2.47. The quantitative estimate of drug-likeness (QED) is 0.504. The van der Waals surface area contributed by atoms with Crippen LogP contribution >= 0.6 is 0 Å². The Morgan fingerprint density at radius 1 is 1.69 bits per heavy atom. The third-order valence-corrected chi connectivity index (χ3v) is 2.36. The number of rotatable bonds is 3. The van der Waals surface area contributed by atoms with Crippen molar-refractivity contribution in [1.29, 1.82) is 0 Å². The third kappa shape index (κ3) is 1.57. The first-order chi connectivity index (χ1) is 6.03. The van der Waals surface area contributed by atoms with Crippen molar-refractivity contribution >= 4 is 11.7 Å². The second-order valence-electron chi connectivity index (χ2n) is 3.49. The number of hydrogen-bond acceptors (Lipinski definition) is 4. The van der Waals surface area contributed by atoms with Gasteiger partial charge < -0.3 is 11.1 Å². The zero-order valence-electron chi connectivity index (χ0n) is 7.89. The Hall–Kier alpha value is -0.940. The van der Waals surface area contributed by atoms with Gasteiger partial charge in [-0.2, -0.15) is 0 Å². The van der Waals surface area contributed by atoms with E-state index in [-0.39, 0.29) is 30.7 Å². The summed E-state index contributed by atoms with van der Waals surface area (Å²) in [6.45, 7) is 3.85. The molecule has 74 valence electrons. The van der Waals surface area contributed by atoms with Gasteiger partial charge in [0.05, 0.1) is 13.1 Å². The van der Waals surface area contributed by atoms with E-state index in [4.69, 9.17) is 5.73 Å². The van der Waals surface area contributed by atoms with Gasteiger partial charge in [-0.15, -0.1) is 0 Å². The minimum Gasteiger partial charge on any atom is -0.330 e. The maximum Gasteiger partial charge on any atom is 0.235 e. The van der Waals surface area contributed by atoms with Gasteiger partial charge in [-0.05, 0) is 5.92 Å². The van der Waals surface area contributed by atoms with Crippen LogP contribution in [-0.4, -0.2) is 30.4 Å². The topological polar surface area (TPSA) is 84.2 Å². The molecule has 0 spiro atoms. The fourth-order valence-electron chi connectivity index (χ4n) is 1.53. The summed E-state index contributed by atoms with van der Waals surface area (Å²) in [6.07, 6.45) is 0. The van der Waals surface area contributed by atoms with Gasteiger partial charge in [0.15, 0.2) is 11.4 Å². The standard InChI is InChI=1S/C8H15N3O2/c1-5(2)8(6(12)3-9)10-4-7(13)11-8/h5,10H,3-4,9H2,1-2H3,(H,11,13). The van der Waals surface area contributed by atoms with Gasteiger partial charge in [0, 0.05) is 0 Å². The third-order valence-electron chi connectivity index (χ3n) is 2.36. The Morgan fingerprint density at radius 3 is 2.62 bits per heavy atom. The molecule has 1 atom stereocenters. The van der Waals surface area contributed by atoms with E-state index in [2.05, 4.69) is 10.6 Å². The van der Waals surface area contributed by atoms with Crippen LogP contribution in [-0.2, 0) is 9.59 Å². The first kappa shape index (κ1) is 10.1. The zero-order valence-corrected chi connectivity index (χ0v) is 7.89. The molecule has 0 aliphatic carbocycles. The number of nitrogens with one attached hydrogen (secondary N) is 2. The Morgan fingerprint density at radius 2 is 2.31 bits per heavy atom. The van der Waals surface area contributed by atoms with E-state index in [0.29, 0.717) is 0 Å². The minimum atomic E-state index is -0.939. The molecule has 1 unspecified atom stereocenters. The van der Waals surface area contributed by atoms with Crippen molar-refractivity contribution in [3.8, 4) is 0 Å². The van der Waals surface area contributed by atoms with E-state index in [1.165, 1.54) is 0 Å². The van der Waals surface area contributed by atoms with Crippen LogP contribution in [0.2, 0.25) is 0 Å². The van der Waals surface area contributed by atoms with Crippen LogP contribution in [0.25, 0.3) is 0 Å². The number of hydrogen-bond donors (Lipinski definition) is 3. The summed E-state index contributed by atoms with van der Waals surface area (Å²) < 4.78 is 0. The van der Waals surface area contributed by atoms with Gasteiger partial charge in [-0.25, -0.2) is 0 Å². The summed E-state index contributed by atoms with van der Waals surface area (Å²) in [6, 6.07) is 0. The van der Waals surface area contributed by atoms with Crippen molar-refractivity contribution in [1.82, 2.24) is 10.6 Å². The first-order valence-electron chi connectivity index (χ1n) is 4.32. The average molecular weight is 185 g/mol. The Bertz CT molecular complexity index is 240. The van der Waals surface area contributed by atoms with Crippen LogP contribution in [0.15, 0.2) is 0 Å². The van der Waals surface area contributed by atoms with Gasteiger partial charge in [-0.1, -0.05) is 13.8 Å². The van der Waals surface area contributed by atoms with Gasteiger partial charge in [0.2, 0.25) is 5.91 Å². The molecule has 5 nitrogen and oxygen atoms in total. The van der Waals surface area contributed by atoms with Crippen molar-refractivity contribution in [2.75, 3.05) is 13.1 Å². The summed E-state index contributed by atoms with van der Waals surface area (Å²) in [4.78, 5) is 22.5. The molecule has 4 N–H and O–H groups in total. The normalized spacial score (nSPS) is 27.8. The second-order valence-corrected chi connectivity index (χ2v) is 3.49. The highest BCUT2D eigenvalue weighted by molar-refractivity contribution is 5.97. The molecule has 0 saturated carbocycles. The van der Waals surface area contributed by atoms with Crippen LogP contribution in [0, 0.1) is 5.92 Å². The molecule has 1 aliphatic heterocycles. The number of nitrogens with two attached hydrogens (primary N) is 1. The van der Waals surface area contributed by atoms with Crippen LogP contribution in [0.1, 0.15) is 13.8 Å². The molecule has 13 heavy (non-hydrogen) atoms. The van der Waals surface area contributed by atoms with Gasteiger partial charge >= 0.3 is 0 Å². The van der Waals surface area contributed by atoms with E-state index in [0.717, 1.165) is 0 Å². The molecule has 1 saturated heterocycles. The number of amides is 1. The van der Waals surface area contributed by atoms with Crippen LogP contribution in [0.5, 0.6) is 0 Å². The molecule has 5 heteroatoms. The van der Waals surface area contributed by atoms with Gasteiger partial charge in [0.1, 0.15) is 0 Å². The van der Waals surface area contributed by atoms with Crippen LogP contribution < -0.4 is 16.4 Å². The number of carbonyl (C=O) groups excluding carboxylic acids is 2. The molecule has 0 aromatic carbocycles. The highest BCUT2D eigenvalue weighted by Crippen LogP contribution is 2.17. The molecular weight excluding hydrogens is 170 g/mol. The van der Waals surface area contributed by atoms with E-state index in [1.807, 2.05) is 13.8 Å². The summed E-state index contributed by atoms with van der Waals surface area (Å²) in [5.41, 5.74) is 4.34. The predicted octanol–water partition coefficient (Wildman–Crippen LogP) is -1.41. The molecule has 1 rings (SSSR count). The van der Waals surface area contributed by atoms with Crippen molar-refractivity contribution in [2.45, 2.75) is 19.5 Å². The number of Topliss-reactive ketones (excluding diaryl/α,β-unsaturated/α-hetero) is 1. The van der Waals surface area contributed by atoms with Crippen molar-refractivity contribution in [3.05, 3.63) is 0 Å². The summed E-state index contributed by atoms with van der Waals surface area (Å²) in [5, 5.41) is 5.52. The summed E-state index contributed by atoms with van der Waals surface area (Å²) >= 11 is 0.